The Morgan fingerprint density at radius 2 is 1.68 bits per heavy atom. The number of carbonyl (C=O) groups excluding carboxylic acids is 2. The fourth-order valence-corrected chi connectivity index (χ4v) is 3.67. The van der Waals surface area contributed by atoms with E-state index in [4.69, 9.17) is 4.74 Å². The van der Waals surface area contributed by atoms with Crippen molar-refractivity contribution in [3.8, 4) is 5.75 Å². The van der Waals surface area contributed by atoms with E-state index in [2.05, 4.69) is 22.5 Å². The number of thioether (sulfide) groups is 1. The highest BCUT2D eigenvalue weighted by Gasteiger charge is 2.10. The molecule has 7 nitrogen and oxygen atoms in total. The Kier molecular flexibility index (Phi) is 8.12. The first-order valence-corrected chi connectivity index (χ1v) is 11.2. The number of benzene rings is 2. The van der Waals surface area contributed by atoms with Gasteiger partial charge in [0.2, 0.25) is 5.91 Å². The monoisotopic (exact) mass is 438 g/mol. The van der Waals surface area contributed by atoms with Crippen LogP contribution in [0.5, 0.6) is 5.75 Å². The van der Waals surface area contributed by atoms with E-state index in [1.165, 1.54) is 11.8 Å². The van der Waals surface area contributed by atoms with Crippen molar-refractivity contribution in [2.45, 2.75) is 32.0 Å². The highest BCUT2D eigenvalue weighted by Crippen LogP contribution is 2.19. The molecule has 2 amide bonds. The van der Waals surface area contributed by atoms with Crippen molar-refractivity contribution in [3.05, 3.63) is 66.5 Å². The zero-order valence-electron chi connectivity index (χ0n) is 17.6. The Labute approximate surface area is 186 Å². The third-order valence-corrected chi connectivity index (χ3v) is 5.33. The molecule has 0 bridgehead atoms. The van der Waals surface area contributed by atoms with Crippen LogP contribution in [0.2, 0.25) is 0 Å². The third-order valence-electron chi connectivity index (χ3n) is 4.33. The van der Waals surface area contributed by atoms with E-state index in [0.717, 1.165) is 23.9 Å². The lowest BCUT2D eigenvalue weighted by Crippen LogP contribution is -2.15. The van der Waals surface area contributed by atoms with Crippen molar-refractivity contribution in [1.29, 1.82) is 0 Å². The first-order chi connectivity index (χ1) is 15.1. The predicted octanol–water partition coefficient (Wildman–Crippen LogP) is 4.67. The van der Waals surface area contributed by atoms with Gasteiger partial charge in [-0.05, 0) is 61.9 Å². The van der Waals surface area contributed by atoms with Gasteiger partial charge < -0.3 is 19.9 Å². The predicted molar refractivity (Wildman–Crippen MR) is 124 cm³/mol. The Morgan fingerprint density at radius 1 is 1.00 bits per heavy atom. The number of hydrogen-bond donors (Lipinski definition) is 2. The molecule has 0 aliphatic heterocycles. The number of nitrogens with zero attached hydrogens (tertiary/aromatic N) is 2. The van der Waals surface area contributed by atoms with Crippen LogP contribution in [0.3, 0.4) is 0 Å². The van der Waals surface area contributed by atoms with E-state index < -0.39 is 0 Å². The van der Waals surface area contributed by atoms with Crippen molar-refractivity contribution >= 4 is 35.0 Å². The standard InChI is InChI=1S/C23H26N4O3S/c1-3-14-27-15-13-24-23(27)31-16-21(28)25-18-7-5-17(6-8-18)22(29)26-19-9-11-20(12-10-19)30-4-2/h5-13,15H,3-4,14,16H2,1-2H3,(H,25,28)(H,26,29). The maximum Gasteiger partial charge on any atom is 0.255 e. The number of hydrogen-bond acceptors (Lipinski definition) is 5. The molecule has 2 aromatic carbocycles. The van der Waals surface area contributed by atoms with E-state index in [1.54, 1.807) is 42.6 Å². The molecule has 1 heterocycles. The minimum Gasteiger partial charge on any atom is -0.494 e. The lowest BCUT2D eigenvalue weighted by atomic mass is 10.2. The zero-order chi connectivity index (χ0) is 22.1. The van der Waals surface area contributed by atoms with Gasteiger partial charge in [0, 0.05) is 35.9 Å². The molecule has 0 radical (unpaired) electrons. The molecule has 3 aromatic rings. The lowest BCUT2D eigenvalue weighted by molar-refractivity contribution is -0.113. The van der Waals surface area contributed by atoms with Crippen LogP contribution < -0.4 is 15.4 Å². The van der Waals surface area contributed by atoms with Crippen LogP contribution in [0.1, 0.15) is 30.6 Å². The smallest absolute Gasteiger partial charge is 0.255 e. The topological polar surface area (TPSA) is 85.2 Å². The summed E-state index contributed by atoms with van der Waals surface area (Å²) in [6.45, 7) is 5.49. The van der Waals surface area contributed by atoms with Gasteiger partial charge in [0.25, 0.3) is 5.91 Å². The molecule has 0 aliphatic rings. The summed E-state index contributed by atoms with van der Waals surface area (Å²) < 4.78 is 7.43. The van der Waals surface area contributed by atoms with Crippen molar-refractivity contribution in [2.24, 2.45) is 0 Å². The fourth-order valence-electron chi connectivity index (χ4n) is 2.88. The van der Waals surface area contributed by atoms with E-state index in [1.807, 2.05) is 29.8 Å². The van der Waals surface area contributed by atoms with Crippen LogP contribution in [0.15, 0.2) is 66.1 Å². The molecule has 1 aromatic heterocycles. The molecule has 0 saturated heterocycles. The number of aromatic nitrogens is 2. The van der Waals surface area contributed by atoms with Crippen LogP contribution >= 0.6 is 11.8 Å². The minimum atomic E-state index is -0.222. The second kappa shape index (κ2) is 11.2. The van der Waals surface area contributed by atoms with Crippen LogP contribution in [0.4, 0.5) is 11.4 Å². The molecular weight excluding hydrogens is 412 g/mol. The number of rotatable bonds is 10. The Bertz CT molecular complexity index is 1000. The normalized spacial score (nSPS) is 10.5. The van der Waals surface area contributed by atoms with Crippen LogP contribution in [0.25, 0.3) is 0 Å². The minimum absolute atomic E-state index is 0.123. The second-order valence-corrected chi connectivity index (χ2v) is 7.67. The Hall–Kier alpha value is -3.26. The van der Waals surface area contributed by atoms with Gasteiger partial charge in [-0.3, -0.25) is 9.59 Å². The Balaban J connectivity index is 1.50. The molecule has 8 heteroatoms. The maximum absolute atomic E-state index is 12.4. The average Bonchev–Trinajstić information content (AvgIpc) is 3.22. The van der Waals surface area contributed by atoms with Gasteiger partial charge >= 0.3 is 0 Å². The number of aryl methyl sites for hydroxylation is 1. The lowest BCUT2D eigenvalue weighted by Gasteiger charge is -2.09. The number of imidazole rings is 1. The largest absolute Gasteiger partial charge is 0.494 e. The molecule has 3 rings (SSSR count). The first-order valence-electron chi connectivity index (χ1n) is 10.2. The zero-order valence-corrected chi connectivity index (χ0v) is 18.4. The number of ether oxygens (including phenoxy) is 1. The van der Waals surface area contributed by atoms with Gasteiger partial charge in [-0.1, -0.05) is 18.7 Å². The molecule has 31 heavy (non-hydrogen) atoms. The van der Waals surface area contributed by atoms with Gasteiger partial charge in [-0.15, -0.1) is 0 Å². The summed E-state index contributed by atoms with van der Waals surface area (Å²) in [6, 6.07) is 14.0. The SMILES string of the molecule is CCCn1ccnc1SCC(=O)Nc1ccc(C(=O)Nc2ccc(OCC)cc2)cc1. The van der Waals surface area contributed by atoms with Gasteiger partial charge in [0.1, 0.15) is 5.75 Å². The van der Waals surface area contributed by atoms with Crippen molar-refractivity contribution in [2.75, 3.05) is 23.0 Å². The maximum atomic E-state index is 12.4. The summed E-state index contributed by atoms with van der Waals surface area (Å²) in [5, 5.41) is 6.52. The second-order valence-electron chi connectivity index (χ2n) is 6.73. The average molecular weight is 439 g/mol. The van der Waals surface area contributed by atoms with Crippen LogP contribution in [-0.4, -0.2) is 33.7 Å². The molecule has 0 aliphatic carbocycles. The van der Waals surface area contributed by atoms with E-state index in [0.29, 0.717) is 23.5 Å². The third kappa shape index (κ3) is 6.62. The summed E-state index contributed by atoms with van der Waals surface area (Å²) in [5.74, 6) is 0.678. The molecule has 2 N–H and O–H groups in total. The highest BCUT2D eigenvalue weighted by atomic mass is 32.2. The first kappa shape index (κ1) is 22.4. The Morgan fingerprint density at radius 3 is 2.35 bits per heavy atom. The quantitative estimate of drug-likeness (QED) is 0.449. The summed E-state index contributed by atoms with van der Waals surface area (Å²) in [6.07, 6.45) is 4.67. The summed E-state index contributed by atoms with van der Waals surface area (Å²) in [7, 11) is 0. The summed E-state index contributed by atoms with van der Waals surface area (Å²) in [5.41, 5.74) is 1.83. The molecule has 0 spiro atoms. The van der Waals surface area contributed by atoms with E-state index in [-0.39, 0.29) is 17.6 Å². The van der Waals surface area contributed by atoms with Crippen molar-refractivity contribution in [3.63, 3.8) is 0 Å². The van der Waals surface area contributed by atoms with Gasteiger partial charge in [-0.25, -0.2) is 4.98 Å². The molecule has 0 saturated carbocycles. The van der Waals surface area contributed by atoms with Crippen molar-refractivity contribution < 1.29 is 14.3 Å². The molecule has 0 fully saturated rings. The number of carbonyl (C=O) groups is 2. The number of anilines is 2. The molecule has 162 valence electrons. The number of nitrogens with one attached hydrogen (secondary N) is 2. The molecule has 0 unspecified atom stereocenters. The highest BCUT2D eigenvalue weighted by molar-refractivity contribution is 7.99. The molecular formula is C23H26N4O3S. The van der Waals surface area contributed by atoms with E-state index in [9.17, 15) is 9.59 Å². The fraction of sp³-hybridized carbons (Fsp3) is 0.261. The van der Waals surface area contributed by atoms with Crippen LogP contribution in [-0.2, 0) is 11.3 Å². The number of amides is 2. The van der Waals surface area contributed by atoms with E-state index >= 15 is 0 Å². The van der Waals surface area contributed by atoms with Gasteiger partial charge in [0.05, 0.1) is 12.4 Å². The van der Waals surface area contributed by atoms with Gasteiger partial charge in [-0.2, -0.15) is 0 Å². The van der Waals surface area contributed by atoms with Crippen LogP contribution in [0, 0.1) is 0 Å². The summed E-state index contributed by atoms with van der Waals surface area (Å²) in [4.78, 5) is 29.0. The summed E-state index contributed by atoms with van der Waals surface area (Å²) >= 11 is 1.40. The van der Waals surface area contributed by atoms with Crippen molar-refractivity contribution in [1.82, 2.24) is 9.55 Å². The van der Waals surface area contributed by atoms with Gasteiger partial charge in [0.15, 0.2) is 5.16 Å². The molecule has 0 atom stereocenters.